The van der Waals surface area contributed by atoms with Crippen LogP contribution in [-0.2, 0) is 6.54 Å². The third-order valence-electron chi connectivity index (χ3n) is 1.88. The van der Waals surface area contributed by atoms with Gasteiger partial charge in [0, 0.05) is 0 Å². The van der Waals surface area contributed by atoms with E-state index in [1.807, 2.05) is 12.1 Å². The monoisotopic (exact) mass is 177 g/mol. The van der Waals surface area contributed by atoms with Gasteiger partial charge in [-0.2, -0.15) is 0 Å². The first-order valence-electron chi connectivity index (χ1n) is 4.58. The number of hydrogen-bond donors (Lipinski definition) is 1. The summed E-state index contributed by atoms with van der Waals surface area (Å²) in [4.78, 5) is 0. The zero-order chi connectivity index (χ0) is 9.52. The minimum atomic E-state index is 0.162. The van der Waals surface area contributed by atoms with Crippen LogP contribution >= 0.6 is 0 Å². The molecule has 1 rings (SSSR count). The van der Waals surface area contributed by atoms with Crippen LogP contribution in [-0.4, -0.2) is 6.04 Å². The summed E-state index contributed by atoms with van der Waals surface area (Å²) in [6.45, 7) is 2.83. The summed E-state index contributed by atoms with van der Waals surface area (Å²) in [7, 11) is 0. The molecule has 1 heterocycles. The fourth-order valence-corrected chi connectivity index (χ4v) is 1.17. The van der Waals surface area contributed by atoms with Gasteiger partial charge in [-0.25, -0.2) is 0 Å². The summed E-state index contributed by atoms with van der Waals surface area (Å²) in [5.74, 6) is 3.64. The molecular formula is C11H15NO. The molecule has 2 heteroatoms. The highest BCUT2D eigenvalue weighted by atomic mass is 16.3. The molecule has 0 spiro atoms. The molecule has 1 unspecified atom stereocenters. The lowest BCUT2D eigenvalue weighted by Crippen LogP contribution is -2.26. The average Bonchev–Trinajstić information content (AvgIpc) is 2.64. The van der Waals surface area contributed by atoms with Crippen molar-refractivity contribution in [3.63, 3.8) is 0 Å². The zero-order valence-electron chi connectivity index (χ0n) is 7.92. The molecule has 0 saturated carbocycles. The topological polar surface area (TPSA) is 25.2 Å². The second kappa shape index (κ2) is 5.45. The standard InChI is InChI=1S/C11H15NO/c1-3-6-10(4-2)12-9-11-7-5-8-13-11/h2,5,7-8,10,12H,3,6,9H2,1H3. The van der Waals surface area contributed by atoms with Gasteiger partial charge in [0.1, 0.15) is 5.76 Å². The van der Waals surface area contributed by atoms with Crippen molar-refractivity contribution in [3.05, 3.63) is 24.2 Å². The minimum absolute atomic E-state index is 0.162. The van der Waals surface area contributed by atoms with Gasteiger partial charge < -0.3 is 4.42 Å². The van der Waals surface area contributed by atoms with Crippen LogP contribution in [0.4, 0.5) is 0 Å². The van der Waals surface area contributed by atoms with Gasteiger partial charge in [-0.3, -0.25) is 5.32 Å². The fourth-order valence-electron chi connectivity index (χ4n) is 1.17. The Morgan fingerprint density at radius 1 is 1.69 bits per heavy atom. The van der Waals surface area contributed by atoms with E-state index in [1.54, 1.807) is 6.26 Å². The first kappa shape index (κ1) is 9.88. The van der Waals surface area contributed by atoms with E-state index in [-0.39, 0.29) is 6.04 Å². The molecule has 0 bridgehead atoms. The molecule has 0 fully saturated rings. The molecular weight excluding hydrogens is 162 g/mol. The van der Waals surface area contributed by atoms with E-state index in [1.165, 1.54) is 0 Å². The van der Waals surface area contributed by atoms with E-state index in [0.717, 1.165) is 18.6 Å². The van der Waals surface area contributed by atoms with Gasteiger partial charge in [0.2, 0.25) is 0 Å². The Hall–Kier alpha value is -1.20. The van der Waals surface area contributed by atoms with Gasteiger partial charge in [0.05, 0.1) is 18.8 Å². The molecule has 1 atom stereocenters. The number of rotatable bonds is 5. The first-order valence-corrected chi connectivity index (χ1v) is 4.58. The molecule has 13 heavy (non-hydrogen) atoms. The van der Waals surface area contributed by atoms with Crippen LogP contribution in [0.5, 0.6) is 0 Å². The predicted octanol–water partition coefficient (Wildman–Crippen LogP) is 2.17. The molecule has 1 aromatic rings. The Morgan fingerprint density at radius 2 is 2.54 bits per heavy atom. The number of hydrogen-bond acceptors (Lipinski definition) is 2. The van der Waals surface area contributed by atoms with Crippen LogP contribution in [0.1, 0.15) is 25.5 Å². The minimum Gasteiger partial charge on any atom is -0.468 e. The van der Waals surface area contributed by atoms with Gasteiger partial charge >= 0.3 is 0 Å². The maximum Gasteiger partial charge on any atom is 0.117 e. The lowest BCUT2D eigenvalue weighted by Gasteiger charge is -2.09. The lowest BCUT2D eigenvalue weighted by molar-refractivity contribution is 0.462. The molecule has 70 valence electrons. The van der Waals surface area contributed by atoms with Crippen molar-refractivity contribution in [1.82, 2.24) is 5.32 Å². The Labute approximate surface area is 79.3 Å². The number of terminal acetylenes is 1. The number of furan rings is 1. The normalized spacial score (nSPS) is 12.3. The second-order valence-electron chi connectivity index (χ2n) is 2.97. The molecule has 0 aliphatic rings. The van der Waals surface area contributed by atoms with Crippen LogP contribution in [0.2, 0.25) is 0 Å². The fraction of sp³-hybridized carbons (Fsp3) is 0.455. The van der Waals surface area contributed by atoms with Crippen LogP contribution in [0, 0.1) is 12.3 Å². The molecule has 0 radical (unpaired) electrons. The highest BCUT2D eigenvalue weighted by Crippen LogP contribution is 2.01. The third-order valence-corrected chi connectivity index (χ3v) is 1.88. The van der Waals surface area contributed by atoms with Crippen molar-refractivity contribution >= 4 is 0 Å². The summed E-state index contributed by atoms with van der Waals surface area (Å²) < 4.78 is 5.18. The largest absolute Gasteiger partial charge is 0.468 e. The Bertz CT molecular complexity index is 258. The second-order valence-corrected chi connectivity index (χ2v) is 2.97. The molecule has 2 nitrogen and oxygen atoms in total. The predicted molar refractivity (Wildman–Crippen MR) is 53.1 cm³/mol. The van der Waals surface area contributed by atoms with E-state index < -0.39 is 0 Å². The first-order chi connectivity index (χ1) is 6.36. The Kier molecular flexibility index (Phi) is 4.14. The highest BCUT2D eigenvalue weighted by molar-refractivity contribution is 5.02. The summed E-state index contributed by atoms with van der Waals surface area (Å²) >= 11 is 0. The zero-order valence-corrected chi connectivity index (χ0v) is 7.92. The van der Waals surface area contributed by atoms with Crippen molar-refractivity contribution < 1.29 is 4.42 Å². The van der Waals surface area contributed by atoms with Gasteiger partial charge in [-0.1, -0.05) is 19.3 Å². The number of nitrogens with one attached hydrogen (secondary N) is 1. The molecule has 0 aliphatic heterocycles. The highest BCUT2D eigenvalue weighted by Gasteiger charge is 2.03. The summed E-state index contributed by atoms with van der Waals surface area (Å²) in [5.41, 5.74) is 0. The summed E-state index contributed by atoms with van der Waals surface area (Å²) in [6, 6.07) is 3.98. The van der Waals surface area contributed by atoms with E-state index in [2.05, 4.69) is 18.2 Å². The molecule has 0 saturated heterocycles. The quantitative estimate of drug-likeness (QED) is 0.697. The smallest absolute Gasteiger partial charge is 0.117 e. The van der Waals surface area contributed by atoms with Crippen molar-refractivity contribution in [2.24, 2.45) is 0 Å². The van der Waals surface area contributed by atoms with E-state index in [9.17, 15) is 0 Å². The van der Waals surface area contributed by atoms with Crippen molar-refractivity contribution in [2.75, 3.05) is 0 Å². The van der Waals surface area contributed by atoms with Crippen molar-refractivity contribution in [3.8, 4) is 12.3 Å². The Morgan fingerprint density at radius 3 is 3.08 bits per heavy atom. The van der Waals surface area contributed by atoms with Gasteiger partial charge in [-0.05, 0) is 18.6 Å². The average molecular weight is 177 g/mol. The maximum atomic E-state index is 5.36. The third kappa shape index (κ3) is 3.35. The molecule has 0 aromatic carbocycles. The lowest BCUT2D eigenvalue weighted by atomic mass is 10.2. The van der Waals surface area contributed by atoms with E-state index >= 15 is 0 Å². The molecule has 1 aromatic heterocycles. The molecule has 0 aliphatic carbocycles. The van der Waals surface area contributed by atoms with Gasteiger partial charge in [0.15, 0.2) is 0 Å². The van der Waals surface area contributed by atoms with Crippen LogP contribution in [0.25, 0.3) is 0 Å². The summed E-state index contributed by atoms with van der Waals surface area (Å²) in [6.07, 6.45) is 9.13. The van der Waals surface area contributed by atoms with Crippen LogP contribution in [0.3, 0.4) is 0 Å². The van der Waals surface area contributed by atoms with Crippen molar-refractivity contribution in [1.29, 1.82) is 0 Å². The van der Waals surface area contributed by atoms with Gasteiger partial charge in [-0.15, -0.1) is 6.42 Å². The van der Waals surface area contributed by atoms with E-state index in [0.29, 0.717) is 6.54 Å². The van der Waals surface area contributed by atoms with Crippen molar-refractivity contribution in [2.45, 2.75) is 32.4 Å². The molecule has 1 N–H and O–H groups in total. The van der Waals surface area contributed by atoms with Crippen LogP contribution < -0.4 is 5.32 Å². The Balaban J connectivity index is 2.29. The molecule has 0 amide bonds. The summed E-state index contributed by atoms with van der Waals surface area (Å²) in [5, 5.41) is 3.24. The van der Waals surface area contributed by atoms with Crippen LogP contribution in [0.15, 0.2) is 22.8 Å². The van der Waals surface area contributed by atoms with E-state index in [4.69, 9.17) is 10.8 Å². The maximum absolute atomic E-state index is 5.36. The SMILES string of the molecule is C#CC(CCC)NCc1ccco1. The van der Waals surface area contributed by atoms with Gasteiger partial charge in [0.25, 0.3) is 0 Å².